The van der Waals surface area contributed by atoms with Crippen molar-refractivity contribution in [1.82, 2.24) is 0 Å². The lowest BCUT2D eigenvalue weighted by Crippen LogP contribution is -2.30. The van der Waals surface area contributed by atoms with Gasteiger partial charge in [-0.1, -0.05) is 229 Å². The smallest absolute Gasteiger partial charge is 0.306 e. The van der Waals surface area contributed by atoms with Crippen LogP contribution < -0.4 is 0 Å². The number of hydrogen-bond donors (Lipinski definition) is 0. The third kappa shape index (κ3) is 51.7. The first-order chi connectivity index (χ1) is 32.0. The standard InChI is InChI=1S/C59H102O6/c1-4-7-10-13-16-19-22-25-27-29-30-32-34-37-40-43-46-49-52-58(61)64-55-56(54-63-57(60)51-48-45-42-39-36-33-24-21-18-15-12-9-6-3)65-59(62)53-50-47-44-41-38-35-31-28-26-23-20-17-14-11-8-5-2/h22,25,27-33,36,42,45,56H,4-21,23-24,26,34-35,37-41,43-44,46-55H2,1-3H3/b25-22-,29-27-,31-28-,32-30-,36-33-,45-42-. The fourth-order valence-electron chi connectivity index (χ4n) is 7.55. The van der Waals surface area contributed by atoms with Gasteiger partial charge in [-0.3, -0.25) is 14.4 Å². The predicted octanol–water partition coefficient (Wildman–Crippen LogP) is 18.2. The summed E-state index contributed by atoms with van der Waals surface area (Å²) in [7, 11) is 0. The molecule has 0 fully saturated rings. The van der Waals surface area contributed by atoms with Crippen molar-refractivity contribution >= 4 is 17.9 Å². The minimum atomic E-state index is -0.810. The van der Waals surface area contributed by atoms with Crippen LogP contribution in [0.15, 0.2) is 72.9 Å². The molecule has 0 saturated heterocycles. The van der Waals surface area contributed by atoms with Crippen LogP contribution in [0.1, 0.15) is 265 Å². The van der Waals surface area contributed by atoms with E-state index in [4.69, 9.17) is 14.2 Å². The molecule has 6 nitrogen and oxygen atoms in total. The van der Waals surface area contributed by atoms with Crippen LogP contribution >= 0.6 is 0 Å². The lowest BCUT2D eigenvalue weighted by Gasteiger charge is -2.18. The molecule has 0 radical (unpaired) electrons. The van der Waals surface area contributed by atoms with Crippen LogP contribution in [0.5, 0.6) is 0 Å². The predicted molar refractivity (Wildman–Crippen MR) is 279 cm³/mol. The molecule has 0 spiro atoms. The van der Waals surface area contributed by atoms with E-state index in [1.54, 1.807) is 0 Å². The molecule has 1 unspecified atom stereocenters. The summed E-state index contributed by atoms with van der Waals surface area (Å²) in [5, 5.41) is 0. The summed E-state index contributed by atoms with van der Waals surface area (Å²) >= 11 is 0. The van der Waals surface area contributed by atoms with Crippen molar-refractivity contribution in [3.8, 4) is 0 Å². The van der Waals surface area contributed by atoms with Crippen LogP contribution in [0, 0.1) is 0 Å². The van der Waals surface area contributed by atoms with Crippen LogP contribution in [-0.2, 0) is 28.6 Å². The van der Waals surface area contributed by atoms with Crippen LogP contribution in [0.25, 0.3) is 0 Å². The van der Waals surface area contributed by atoms with E-state index < -0.39 is 6.10 Å². The fraction of sp³-hybridized carbons (Fsp3) is 0.746. The molecule has 6 heteroatoms. The van der Waals surface area contributed by atoms with Crippen molar-refractivity contribution in [2.45, 2.75) is 271 Å². The van der Waals surface area contributed by atoms with Gasteiger partial charge in [0, 0.05) is 19.3 Å². The monoisotopic (exact) mass is 907 g/mol. The zero-order chi connectivity index (χ0) is 47.2. The van der Waals surface area contributed by atoms with Gasteiger partial charge in [-0.15, -0.1) is 0 Å². The van der Waals surface area contributed by atoms with E-state index in [0.29, 0.717) is 19.3 Å². The molecular weight excluding hydrogens is 805 g/mol. The number of carbonyl (C=O) groups excluding carboxylic acids is 3. The molecule has 0 aliphatic heterocycles. The Hall–Kier alpha value is -3.15. The van der Waals surface area contributed by atoms with Crippen LogP contribution in [0.4, 0.5) is 0 Å². The minimum absolute atomic E-state index is 0.106. The summed E-state index contributed by atoms with van der Waals surface area (Å²) in [5.74, 6) is -0.998. The Morgan fingerprint density at radius 1 is 0.323 bits per heavy atom. The maximum absolute atomic E-state index is 12.8. The molecule has 1 atom stereocenters. The summed E-state index contributed by atoms with van der Waals surface area (Å²) in [6, 6.07) is 0. The molecule has 0 aromatic heterocycles. The maximum atomic E-state index is 12.8. The summed E-state index contributed by atoms with van der Waals surface area (Å²) in [6.45, 7) is 6.54. The highest BCUT2D eigenvalue weighted by molar-refractivity contribution is 5.71. The largest absolute Gasteiger partial charge is 0.462 e. The highest BCUT2D eigenvalue weighted by Crippen LogP contribution is 2.14. The van der Waals surface area contributed by atoms with Gasteiger partial charge in [0.05, 0.1) is 0 Å². The molecule has 0 aliphatic carbocycles. The molecule has 0 aliphatic rings. The van der Waals surface area contributed by atoms with E-state index in [2.05, 4.69) is 87.6 Å². The third-order valence-electron chi connectivity index (χ3n) is 11.7. The first-order valence-corrected chi connectivity index (χ1v) is 27.5. The van der Waals surface area contributed by atoms with Crippen molar-refractivity contribution < 1.29 is 28.6 Å². The Labute approximate surface area is 402 Å². The SMILES string of the molecule is CCCCCCC\C=C/C=C\C=C/CCCCCCCC(=O)OCC(COC(=O)CC/C=C\C/C=C\CCCCCCCC)OC(=O)CCCCCCC/C=C\CCCCCCCCC. The van der Waals surface area contributed by atoms with Crippen LogP contribution in [0.3, 0.4) is 0 Å². The van der Waals surface area contributed by atoms with Gasteiger partial charge in [0.1, 0.15) is 13.2 Å². The van der Waals surface area contributed by atoms with Gasteiger partial charge in [0.15, 0.2) is 6.10 Å². The summed E-state index contributed by atoms with van der Waals surface area (Å²) < 4.78 is 16.7. The summed E-state index contributed by atoms with van der Waals surface area (Å²) in [5.41, 5.74) is 0. The Morgan fingerprint density at radius 3 is 1.08 bits per heavy atom. The number of allylic oxidation sites excluding steroid dienone is 12. The number of carbonyl (C=O) groups is 3. The molecule has 0 saturated carbocycles. The number of rotatable bonds is 49. The lowest BCUT2D eigenvalue weighted by molar-refractivity contribution is -0.166. The highest BCUT2D eigenvalue weighted by Gasteiger charge is 2.19. The second kappa shape index (κ2) is 53.5. The molecule has 0 bridgehead atoms. The Morgan fingerprint density at radius 2 is 0.646 bits per heavy atom. The Kier molecular flexibility index (Phi) is 50.9. The molecule has 65 heavy (non-hydrogen) atoms. The van der Waals surface area contributed by atoms with Crippen molar-refractivity contribution in [2.24, 2.45) is 0 Å². The van der Waals surface area contributed by atoms with E-state index in [0.717, 1.165) is 89.9 Å². The number of ether oxygens (including phenoxy) is 3. The number of hydrogen-bond acceptors (Lipinski definition) is 6. The van der Waals surface area contributed by atoms with Gasteiger partial charge in [0.2, 0.25) is 0 Å². The number of esters is 3. The highest BCUT2D eigenvalue weighted by atomic mass is 16.6. The molecule has 0 aromatic carbocycles. The quantitative estimate of drug-likeness (QED) is 0.0199. The van der Waals surface area contributed by atoms with E-state index in [-0.39, 0.29) is 37.5 Å². The minimum Gasteiger partial charge on any atom is -0.462 e. The van der Waals surface area contributed by atoms with Crippen LogP contribution in [-0.4, -0.2) is 37.2 Å². The van der Waals surface area contributed by atoms with Gasteiger partial charge in [0.25, 0.3) is 0 Å². The first-order valence-electron chi connectivity index (χ1n) is 27.5. The zero-order valence-electron chi connectivity index (χ0n) is 42.7. The summed E-state index contributed by atoms with van der Waals surface area (Å²) in [6.07, 6.45) is 67.5. The molecule has 0 amide bonds. The first kappa shape index (κ1) is 61.9. The van der Waals surface area contributed by atoms with Gasteiger partial charge in [-0.25, -0.2) is 0 Å². The Bertz CT molecular complexity index is 1230. The van der Waals surface area contributed by atoms with E-state index in [1.165, 1.54) is 128 Å². The van der Waals surface area contributed by atoms with Crippen molar-refractivity contribution in [3.05, 3.63) is 72.9 Å². The summed E-state index contributed by atoms with van der Waals surface area (Å²) in [4.78, 5) is 38.0. The normalized spacial score (nSPS) is 12.6. The lowest BCUT2D eigenvalue weighted by atomic mass is 10.1. The van der Waals surface area contributed by atoms with Gasteiger partial charge >= 0.3 is 17.9 Å². The van der Waals surface area contributed by atoms with Gasteiger partial charge in [-0.05, 0) is 89.9 Å². The molecule has 374 valence electrons. The molecule has 0 aromatic rings. The molecular formula is C59H102O6. The van der Waals surface area contributed by atoms with Crippen molar-refractivity contribution in [2.75, 3.05) is 13.2 Å². The van der Waals surface area contributed by atoms with E-state index in [1.807, 2.05) is 6.08 Å². The van der Waals surface area contributed by atoms with Gasteiger partial charge in [-0.2, -0.15) is 0 Å². The molecule has 0 N–H and O–H groups in total. The third-order valence-corrected chi connectivity index (χ3v) is 11.7. The fourth-order valence-corrected chi connectivity index (χ4v) is 7.55. The average molecular weight is 907 g/mol. The van der Waals surface area contributed by atoms with E-state index in [9.17, 15) is 14.4 Å². The molecule has 0 heterocycles. The molecule has 0 rings (SSSR count). The average Bonchev–Trinajstić information content (AvgIpc) is 3.30. The van der Waals surface area contributed by atoms with Crippen LogP contribution in [0.2, 0.25) is 0 Å². The topological polar surface area (TPSA) is 78.9 Å². The van der Waals surface area contributed by atoms with E-state index >= 15 is 0 Å². The second-order valence-electron chi connectivity index (χ2n) is 18.2. The van der Waals surface area contributed by atoms with Crippen molar-refractivity contribution in [1.29, 1.82) is 0 Å². The Balaban J connectivity index is 4.48. The number of unbranched alkanes of at least 4 members (excludes halogenated alkanes) is 28. The van der Waals surface area contributed by atoms with Gasteiger partial charge < -0.3 is 14.2 Å². The van der Waals surface area contributed by atoms with Crippen molar-refractivity contribution in [3.63, 3.8) is 0 Å². The second-order valence-corrected chi connectivity index (χ2v) is 18.2. The maximum Gasteiger partial charge on any atom is 0.306 e. The zero-order valence-corrected chi connectivity index (χ0v) is 42.7.